The maximum Gasteiger partial charge on any atom is 0.302 e. The zero-order valence-electron chi connectivity index (χ0n) is 8.58. The smallest absolute Gasteiger partial charge is 0.302 e. The van der Waals surface area contributed by atoms with Crippen molar-refractivity contribution < 1.29 is 14.3 Å². The standard InChI is InChI=1S/C10H18O3/c1-4-9-7(2)10(5-6-12-9)13-8(3)11/h7,9-10H,4-6H2,1-3H3. The molecule has 76 valence electrons. The van der Waals surface area contributed by atoms with Crippen LogP contribution in [0, 0.1) is 5.92 Å². The SMILES string of the molecule is CCC1OCCC(OC(C)=O)C1C. The molecule has 3 unspecified atom stereocenters. The van der Waals surface area contributed by atoms with Crippen LogP contribution in [0.3, 0.4) is 0 Å². The zero-order valence-corrected chi connectivity index (χ0v) is 8.58. The van der Waals surface area contributed by atoms with Gasteiger partial charge in [-0.2, -0.15) is 0 Å². The molecule has 3 nitrogen and oxygen atoms in total. The second-order valence-corrected chi connectivity index (χ2v) is 3.61. The van der Waals surface area contributed by atoms with Crippen LogP contribution in [0.1, 0.15) is 33.6 Å². The molecule has 3 heteroatoms. The maximum atomic E-state index is 10.8. The molecule has 0 aromatic carbocycles. The summed E-state index contributed by atoms with van der Waals surface area (Å²) < 4.78 is 10.8. The van der Waals surface area contributed by atoms with E-state index >= 15 is 0 Å². The fourth-order valence-corrected chi connectivity index (χ4v) is 1.86. The van der Waals surface area contributed by atoms with Gasteiger partial charge in [0.2, 0.25) is 0 Å². The molecule has 1 saturated heterocycles. The first kappa shape index (κ1) is 10.5. The zero-order chi connectivity index (χ0) is 9.84. The highest BCUT2D eigenvalue weighted by Gasteiger charge is 2.31. The monoisotopic (exact) mass is 186 g/mol. The van der Waals surface area contributed by atoms with Gasteiger partial charge < -0.3 is 9.47 Å². The minimum Gasteiger partial charge on any atom is -0.462 e. The van der Waals surface area contributed by atoms with Gasteiger partial charge in [0.1, 0.15) is 6.10 Å². The van der Waals surface area contributed by atoms with Crippen LogP contribution in [0.4, 0.5) is 0 Å². The van der Waals surface area contributed by atoms with Crippen LogP contribution in [-0.2, 0) is 14.3 Å². The van der Waals surface area contributed by atoms with E-state index in [2.05, 4.69) is 13.8 Å². The van der Waals surface area contributed by atoms with Gasteiger partial charge in [-0.25, -0.2) is 0 Å². The van der Waals surface area contributed by atoms with Crippen molar-refractivity contribution in [3.8, 4) is 0 Å². The molecule has 13 heavy (non-hydrogen) atoms. The summed E-state index contributed by atoms with van der Waals surface area (Å²) in [5.41, 5.74) is 0. The summed E-state index contributed by atoms with van der Waals surface area (Å²) in [6.07, 6.45) is 2.12. The molecular weight excluding hydrogens is 168 g/mol. The molecule has 0 spiro atoms. The Kier molecular flexibility index (Phi) is 3.72. The molecule has 0 aromatic heterocycles. The quantitative estimate of drug-likeness (QED) is 0.616. The number of carbonyl (C=O) groups is 1. The fraction of sp³-hybridized carbons (Fsp3) is 0.900. The van der Waals surface area contributed by atoms with Crippen LogP contribution in [-0.4, -0.2) is 24.8 Å². The van der Waals surface area contributed by atoms with Gasteiger partial charge >= 0.3 is 5.97 Å². The summed E-state index contributed by atoms with van der Waals surface area (Å²) in [5, 5.41) is 0. The molecule has 1 rings (SSSR count). The van der Waals surface area contributed by atoms with E-state index in [-0.39, 0.29) is 18.2 Å². The van der Waals surface area contributed by atoms with E-state index in [9.17, 15) is 4.79 Å². The third-order valence-electron chi connectivity index (χ3n) is 2.63. The summed E-state index contributed by atoms with van der Waals surface area (Å²) in [4.78, 5) is 10.8. The number of ether oxygens (including phenoxy) is 2. The normalized spacial score (nSPS) is 34.2. The van der Waals surface area contributed by atoms with Gasteiger partial charge in [-0.3, -0.25) is 4.79 Å². The van der Waals surface area contributed by atoms with E-state index in [1.54, 1.807) is 0 Å². The summed E-state index contributed by atoms with van der Waals surface area (Å²) in [6, 6.07) is 0. The largest absolute Gasteiger partial charge is 0.462 e. The Hall–Kier alpha value is -0.570. The predicted molar refractivity (Wildman–Crippen MR) is 49.4 cm³/mol. The molecule has 0 amide bonds. The Morgan fingerprint density at radius 1 is 1.62 bits per heavy atom. The van der Waals surface area contributed by atoms with Crippen molar-refractivity contribution in [3.63, 3.8) is 0 Å². The molecule has 1 aliphatic rings. The third kappa shape index (κ3) is 2.69. The molecular formula is C10H18O3. The first-order valence-corrected chi connectivity index (χ1v) is 4.94. The van der Waals surface area contributed by atoms with Gasteiger partial charge in [0.15, 0.2) is 0 Å². The Balaban J connectivity index is 2.49. The minimum absolute atomic E-state index is 0.0520. The lowest BCUT2D eigenvalue weighted by molar-refractivity contribution is -0.161. The molecule has 1 aliphatic heterocycles. The van der Waals surface area contributed by atoms with Gasteiger partial charge in [0, 0.05) is 19.3 Å². The van der Waals surface area contributed by atoms with Gasteiger partial charge in [-0.05, 0) is 6.42 Å². The van der Waals surface area contributed by atoms with Crippen LogP contribution >= 0.6 is 0 Å². The molecule has 0 bridgehead atoms. The maximum absolute atomic E-state index is 10.8. The average Bonchev–Trinajstić information content (AvgIpc) is 2.08. The number of hydrogen-bond donors (Lipinski definition) is 0. The first-order chi connectivity index (χ1) is 6.15. The van der Waals surface area contributed by atoms with Crippen LogP contribution in [0.2, 0.25) is 0 Å². The topological polar surface area (TPSA) is 35.5 Å². The summed E-state index contributed by atoms with van der Waals surface area (Å²) in [6.45, 7) is 6.35. The van der Waals surface area contributed by atoms with Crippen LogP contribution < -0.4 is 0 Å². The summed E-state index contributed by atoms with van der Waals surface area (Å²) in [7, 11) is 0. The lowest BCUT2D eigenvalue weighted by Crippen LogP contribution is -2.40. The lowest BCUT2D eigenvalue weighted by Gasteiger charge is -2.34. The highest BCUT2D eigenvalue weighted by Crippen LogP contribution is 2.25. The Labute approximate surface area is 79.4 Å². The molecule has 0 aromatic rings. The molecule has 0 saturated carbocycles. The molecule has 0 aliphatic carbocycles. The number of carbonyl (C=O) groups excluding carboxylic acids is 1. The second-order valence-electron chi connectivity index (χ2n) is 3.61. The van der Waals surface area contributed by atoms with E-state index in [0.717, 1.165) is 12.8 Å². The summed E-state index contributed by atoms with van der Waals surface area (Å²) in [5.74, 6) is 0.135. The van der Waals surface area contributed by atoms with Crippen LogP contribution in [0.15, 0.2) is 0 Å². The number of rotatable bonds is 2. The van der Waals surface area contributed by atoms with Crippen molar-refractivity contribution in [2.75, 3.05) is 6.61 Å². The third-order valence-corrected chi connectivity index (χ3v) is 2.63. The molecule has 1 fully saturated rings. The van der Waals surface area contributed by atoms with Crippen LogP contribution in [0.5, 0.6) is 0 Å². The van der Waals surface area contributed by atoms with Gasteiger partial charge in [0.05, 0.1) is 12.7 Å². The van der Waals surface area contributed by atoms with E-state index in [1.807, 2.05) is 0 Å². The fourth-order valence-electron chi connectivity index (χ4n) is 1.86. The predicted octanol–water partition coefficient (Wildman–Crippen LogP) is 1.75. The van der Waals surface area contributed by atoms with Crippen molar-refractivity contribution in [2.45, 2.75) is 45.8 Å². The summed E-state index contributed by atoms with van der Waals surface area (Å²) >= 11 is 0. The van der Waals surface area contributed by atoms with Crippen molar-refractivity contribution in [1.82, 2.24) is 0 Å². The number of esters is 1. The van der Waals surface area contributed by atoms with E-state index in [1.165, 1.54) is 6.92 Å². The molecule has 1 heterocycles. The Bertz CT molecular complexity index is 179. The van der Waals surface area contributed by atoms with Crippen molar-refractivity contribution in [3.05, 3.63) is 0 Å². The van der Waals surface area contributed by atoms with Gasteiger partial charge in [-0.1, -0.05) is 13.8 Å². The Morgan fingerprint density at radius 2 is 2.31 bits per heavy atom. The highest BCUT2D eigenvalue weighted by atomic mass is 16.6. The van der Waals surface area contributed by atoms with E-state index in [0.29, 0.717) is 12.5 Å². The molecule has 3 atom stereocenters. The van der Waals surface area contributed by atoms with Crippen molar-refractivity contribution in [2.24, 2.45) is 5.92 Å². The van der Waals surface area contributed by atoms with E-state index in [4.69, 9.17) is 9.47 Å². The van der Waals surface area contributed by atoms with Crippen molar-refractivity contribution >= 4 is 5.97 Å². The highest BCUT2D eigenvalue weighted by molar-refractivity contribution is 5.66. The minimum atomic E-state index is -0.186. The van der Waals surface area contributed by atoms with E-state index < -0.39 is 0 Å². The lowest BCUT2D eigenvalue weighted by atomic mass is 9.92. The molecule has 0 radical (unpaired) electrons. The van der Waals surface area contributed by atoms with Gasteiger partial charge in [-0.15, -0.1) is 0 Å². The Morgan fingerprint density at radius 3 is 2.85 bits per heavy atom. The van der Waals surface area contributed by atoms with Gasteiger partial charge in [0.25, 0.3) is 0 Å². The average molecular weight is 186 g/mol. The first-order valence-electron chi connectivity index (χ1n) is 4.94. The number of hydrogen-bond acceptors (Lipinski definition) is 3. The second kappa shape index (κ2) is 4.61. The van der Waals surface area contributed by atoms with Crippen molar-refractivity contribution in [1.29, 1.82) is 0 Å². The molecule has 0 N–H and O–H groups in total. The van der Waals surface area contributed by atoms with Crippen LogP contribution in [0.25, 0.3) is 0 Å².